The van der Waals surface area contributed by atoms with E-state index >= 15 is 0 Å². The molecular weight excluding hydrogens is 418 g/mol. The highest BCUT2D eigenvalue weighted by Gasteiger charge is 2.43. The molecule has 32 heavy (non-hydrogen) atoms. The second-order valence-corrected chi connectivity index (χ2v) is 8.40. The van der Waals surface area contributed by atoms with E-state index in [1.165, 1.54) is 12.0 Å². The van der Waals surface area contributed by atoms with Gasteiger partial charge in [0.2, 0.25) is 0 Å². The molecule has 2 rings (SSSR count). The lowest BCUT2D eigenvalue weighted by Gasteiger charge is -2.45. The van der Waals surface area contributed by atoms with E-state index in [0.717, 1.165) is 21.0 Å². The van der Waals surface area contributed by atoms with E-state index in [4.69, 9.17) is 10.6 Å². The van der Waals surface area contributed by atoms with E-state index in [2.05, 4.69) is 10.1 Å². The Labute approximate surface area is 187 Å². The van der Waals surface area contributed by atoms with Gasteiger partial charge in [0.05, 0.1) is 26.6 Å². The maximum Gasteiger partial charge on any atom is 0.345 e. The van der Waals surface area contributed by atoms with Crippen LogP contribution in [-0.2, 0) is 25.6 Å². The van der Waals surface area contributed by atoms with E-state index in [1.54, 1.807) is 20.8 Å². The molecule has 4 amide bonds. The molecule has 0 radical (unpaired) electrons. The standard InChI is InChI=1S/C21H31N5O6/c1-14-6-8-15(9-7-14)13-25-18(23-12-17(28)32-21(2,3)4)26(22)20(30)24(19(25)29)11-10-16(27)31-5/h6-9,18,23H,10-13,22H2,1-5H3. The van der Waals surface area contributed by atoms with Crippen LogP contribution in [0.1, 0.15) is 38.3 Å². The Hall–Kier alpha value is -3.18. The number of esters is 2. The molecule has 0 spiro atoms. The number of urea groups is 2. The summed E-state index contributed by atoms with van der Waals surface area (Å²) in [6.45, 7) is 6.78. The molecule has 1 fully saturated rings. The molecule has 0 bridgehead atoms. The van der Waals surface area contributed by atoms with Gasteiger partial charge in [-0.3, -0.25) is 19.8 Å². The third-order valence-electron chi connectivity index (χ3n) is 4.58. The van der Waals surface area contributed by atoms with Gasteiger partial charge in [0.1, 0.15) is 5.60 Å². The van der Waals surface area contributed by atoms with Crippen LogP contribution in [0.2, 0.25) is 0 Å². The van der Waals surface area contributed by atoms with Crippen LogP contribution >= 0.6 is 0 Å². The molecule has 1 saturated heterocycles. The molecule has 3 N–H and O–H groups in total. The quantitative estimate of drug-likeness (QED) is 0.345. The number of carbonyl (C=O) groups is 4. The second kappa shape index (κ2) is 10.4. The first-order chi connectivity index (χ1) is 14.9. The average Bonchev–Trinajstić information content (AvgIpc) is 2.71. The summed E-state index contributed by atoms with van der Waals surface area (Å²) >= 11 is 0. The van der Waals surface area contributed by atoms with Gasteiger partial charge in [-0.25, -0.2) is 25.3 Å². The van der Waals surface area contributed by atoms with E-state index in [0.29, 0.717) is 0 Å². The summed E-state index contributed by atoms with van der Waals surface area (Å²) in [5.74, 6) is 4.89. The zero-order valence-corrected chi connectivity index (χ0v) is 19.1. The number of hydrogen-bond acceptors (Lipinski definition) is 8. The Bertz CT molecular complexity index is 851. The fourth-order valence-electron chi connectivity index (χ4n) is 3.04. The highest BCUT2D eigenvalue weighted by atomic mass is 16.6. The minimum atomic E-state index is -1.10. The average molecular weight is 450 g/mol. The van der Waals surface area contributed by atoms with E-state index in [-0.39, 0.29) is 26.1 Å². The van der Waals surface area contributed by atoms with Crippen molar-refractivity contribution in [3.05, 3.63) is 35.4 Å². The molecule has 11 heteroatoms. The molecule has 176 valence electrons. The molecule has 1 aliphatic rings. The maximum absolute atomic E-state index is 13.2. The number of methoxy groups -OCH3 is 1. The van der Waals surface area contributed by atoms with Crippen LogP contribution in [0.3, 0.4) is 0 Å². The summed E-state index contributed by atoms with van der Waals surface area (Å²) in [5.41, 5.74) is 1.16. The number of hydrogen-bond donors (Lipinski definition) is 2. The Morgan fingerprint density at radius 2 is 1.72 bits per heavy atom. The summed E-state index contributed by atoms with van der Waals surface area (Å²) in [6, 6.07) is 6.04. The number of ether oxygens (including phenoxy) is 2. The number of nitrogens with zero attached hydrogens (tertiary/aromatic N) is 3. The molecule has 1 aromatic rings. The molecule has 1 heterocycles. The highest BCUT2D eigenvalue weighted by Crippen LogP contribution is 2.19. The first kappa shape index (κ1) is 25.1. The monoisotopic (exact) mass is 449 g/mol. The third-order valence-corrected chi connectivity index (χ3v) is 4.58. The normalized spacial score (nSPS) is 16.9. The molecule has 1 aromatic carbocycles. The predicted molar refractivity (Wildman–Crippen MR) is 115 cm³/mol. The SMILES string of the molecule is COC(=O)CCN1C(=O)N(N)C(NCC(=O)OC(C)(C)C)N(Cc2ccc(C)cc2)C1=O. The van der Waals surface area contributed by atoms with Gasteiger partial charge in [-0.15, -0.1) is 0 Å². The van der Waals surface area contributed by atoms with Crippen molar-refractivity contribution in [3.63, 3.8) is 0 Å². The molecule has 1 aliphatic heterocycles. The van der Waals surface area contributed by atoms with Crippen molar-refractivity contribution in [3.8, 4) is 0 Å². The Morgan fingerprint density at radius 3 is 2.28 bits per heavy atom. The number of nitrogens with one attached hydrogen (secondary N) is 1. The molecular formula is C21H31N5O6. The lowest BCUT2D eigenvalue weighted by Crippen LogP contribution is -2.72. The fraction of sp³-hybridized carbons (Fsp3) is 0.524. The van der Waals surface area contributed by atoms with Crippen LogP contribution in [0.25, 0.3) is 0 Å². The van der Waals surface area contributed by atoms with Crippen LogP contribution < -0.4 is 11.2 Å². The summed E-state index contributed by atoms with van der Waals surface area (Å²) < 4.78 is 9.86. The topological polar surface area (TPSA) is 135 Å². The van der Waals surface area contributed by atoms with Gasteiger partial charge in [-0.05, 0) is 33.3 Å². The molecule has 0 aliphatic carbocycles. The zero-order valence-electron chi connectivity index (χ0n) is 19.1. The minimum Gasteiger partial charge on any atom is -0.469 e. The van der Waals surface area contributed by atoms with Crippen LogP contribution in [-0.4, -0.2) is 70.9 Å². The van der Waals surface area contributed by atoms with Gasteiger partial charge in [0.25, 0.3) is 0 Å². The number of imide groups is 1. The Morgan fingerprint density at radius 1 is 1.09 bits per heavy atom. The number of amides is 4. The lowest BCUT2D eigenvalue weighted by atomic mass is 10.1. The van der Waals surface area contributed by atoms with E-state index in [9.17, 15) is 19.2 Å². The number of hydrazine groups is 1. The molecule has 11 nitrogen and oxygen atoms in total. The summed E-state index contributed by atoms with van der Waals surface area (Å²) in [6.07, 6.45) is -1.27. The van der Waals surface area contributed by atoms with Crippen LogP contribution in [0.5, 0.6) is 0 Å². The predicted octanol–water partition coefficient (Wildman–Crippen LogP) is 1.31. The molecule has 0 saturated carbocycles. The van der Waals surface area contributed by atoms with Crippen LogP contribution in [0, 0.1) is 6.92 Å². The number of nitrogens with two attached hydrogens (primary N) is 1. The Balaban J connectivity index is 2.24. The van der Waals surface area contributed by atoms with Gasteiger partial charge >= 0.3 is 24.0 Å². The summed E-state index contributed by atoms with van der Waals surface area (Å²) in [5, 5.41) is 3.64. The van der Waals surface area contributed by atoms with Gasteiger partial charge < -0.3 is 9.47 Å². The van der Waals surface area contributed by atoms with Crippen molar-refractivity contribution in [2.75, 3.05) is 20.2 Å². The first-order valence-electron chi connectivity index (χ1n) is 10.2. The molecule has 0 aromatic heterocycles. The van der Waals surface area contributed by atoms with Crippen molar-refractivity contribution in [1.29, 1.82) is 0 Å². The van der Waals surface area contributed by atoms with Gasteiger partial charge in [-0.1, -0.05) is 29.8 Å². The molecule has 1 atom stereocenters. The number of carbonyl (C=O) groups excluding carboxylic acids is 4. The van der Waals surface area contributed by atoms with Crippen molar-refractivity contribution in [2.24, 2.45) is 5.84 Å². The van der Waals surface area contributed by atoms with E-state index in [1.807, 2.05) is 31.2 Å². The number of rotatable bonds is 8. The Kier molecular flexibility index (Phi) is 8.17. The number of aryl methyl sites for hydroxylation is 1. The summed E-state index contributed by atoms with van der Waals surface area (Å²) in [7, 11) is 1.22. The smallest absolute Gasteiger partial charge is 0.345 e. The van der Waals surface area contributed by atoms with E-state index < -0.39 is 35.9 Å². The van der Waals surface area contributed by atoms with Crippen molar-refractivity contribution in [2.45, 2.75) is 52.6 Å². The van der Waals surface area contributed by atoms with Gasteiger partial charge in [-0.2, -0.15) is 0 Å². The highest BCUT2D eigenvalue weighted by molar-refractivity contribution is 5.96. The lowest BCUT2D eigenvalue weighted by molar-refractivity contribution is -0.154. The fourth-order valence-corrected chi connectivity index (χ4v) is 3.04. The van der Waals surface area contributed by atoms with Crippen molar-refractivity contribution in [1.82, 2.24) is 20.1 Å². The zero-order chi connectivity index (χ0) is 24.1. The van der Waals surface area contributed by atoms with Crippen molar-refractivity contribution < 1.29 is 28.7 Å². The van der Waals surface area contributed by atoms with Crippen LogP contribution in [0.4, 0.5) is 9.59 Å². The van der Waals surface area contributed by atoms with Gasteiger partial charge in [0, 0.05) is 6.54 Å². The number of benzene rings is 1. The van der Waals surface area contributed by atoms with Gasteiger partial charge in [0.15, 0.2) is 6.29 Å². The second-order valence-electron chi connectivity index (χ2n) is 8.40. The van der Waals surface area contributed by atoms with Crippen molar-refractivity contribution >= 4 is 24.0 Å². The van der Waals surface area contributed by atoms with Crippen LogP contribution in [0.15, 0.2) is 24.3 Å². The first-order valence-corrected chi connectivity index (χ1v) is 10.2. The largest absolute Gasteiger partial charge is 0.469 e. The summed E-state index contributed by atoms with van der Waals surface area (Å²) in [4.78, 5) is 51.8. The molecule has 1 unspecified atom stereocenters. The third kappa shape index (κ3) is 6.66. The maximum atomic E-state index is 13.2. The minimum absolute atomic E-state index is 0.112.